The maximum atomic E-state index is 12.3. The molecule has 2 aromatic heterocycles. The predicted molar refractivity (Wildman–Crippen MR) is 57.0 cm³/mol. The van der Waals surface area contributed by atoms with Gasteiger partial charge in [0.15, 0.2) is 0 Å². The molecule has 0 fully saturated rings. The number of aromatic amines is 1. The van der Waals surface area contributed by atoms with Crippen molar-refractivity contribution >= 4 is 11.9 Å². The molecule has 2 aromatic rings. The Morgan fingerprint density at radius 2 is 2.28 bits per heavy atom. The highest BCUT2D eigenvalue weighted by Gasteiger charge is 2.29. The van der Waals surface area contributed by atoms with Gasteiger partial charge in [0.1, 0.15) is 12.2 Å². The number of imidazole rings is 1. The molecular weight excluding hydrogens is 249 g/mol. The number of hydrogen-bond donors (Lipinski definition) is 2. The summed E-state index contributed by atoms with van der Waals surface area (Å²) in [5.74, 6) is -0.473. The molecule has 0 aliphatic carbocycles. The first-order valence-electron chi connectivity index (χ1n) is 4.98. The average Bonchev–Trinajstić information content (AvgIpc) is 2.86. The number of halogens is 3. The molecule has 0 aliphatic rings. The zero-order valence-corrected chi connectivity index (χ0v) is 9.03. The maximum absolute atomic E-state index is 12.3. The van der Waals surface area contributed by atoms with Gasteiger partial charge in [0, 0.05) is 18.6 Å². The number of alkyl halides is 3. The van der Waals surface area contributed by atoms with Gasteiger partial charge in [-0.05, 0) is 12.1 Å². The van der Waals surface area contributed by atoms with Crippen LogP contribution in [0.25, 0.3) is 0 Å². The second kappa shape index (κ2) is 4.55. The molecule has 0 aliphatic heterocycles. The van der Waals surface area contributed by atoms with Gasteiger partial charge >= 0.3 is 6.18 Å². The Balaban J connectivity index is 2.13. The second-order valence-corrected chi connectivity index (χ2v) is 3.53. The molecule has 2 heterocycles. The van der Waals surface area contributed by atoms with E-state index < -0.39 is 18.6 Å². The number of nitrogens with one attached hydrogen (secondary N) is 2. The predicted octanol–water partition coefficient (Wildman–Crippen LogP) is 2.03. The summed E-state index contributed by atoms with van der Waals surface area (Å²) in [5.41, 5.74) is -0.0799. The molecule has 0 unspecified atom stereocenters. The Morgan fingerprint density at radius 1 is 1.50 bits per heavy atom. The minimum Gasteiger partial charge on any atom is -0.334 e. The van der Waals surface area contributed by atoms with Crippen LogP contribution in [-0.2, 0) is 6.54 Å². The zero-order valence-electron chi connectivity index (χ0n) is 9.03. The molecule has 0 aromatic carbocycles. The summed E-state index contributed by atoms with van der Waals surface area (Å²) in [6.45, 7) is -1.21. The Bertz CT molecular complexity index is 530. The summed E-state index contributed by atoms with van der Waals surface area (Å²) in [4.78, 5) is 18.1. The van der Waals surface area contributed by atoms with E-state index in [1.807, 2.05) is 0 Å². The number of rotatable bonds is 3. The fraction of sp³-hybridized carbons (Fsp3) is 0.200. The number of anilines is 1. The van der Waals surface area contributed by atoms with Crippen molar-refractivity contribution in [2.45, 2.75) is 12.7 Å². The molecule has 0 saturated heterocycles. The summed E-state index contributed by atoms with van der Waals surface area (Å²) in [7, 11) is 0. The van der Waals surface area contributed by atoms with Gasteiger partial charge in [-0.1, -0.05) is 0 Å². The molecule has 1 amide bonds. The van der Waals surface area contributed by atoms with Crippen molar-refractivity contribution in [2.75, 3.05) is 5.32 Å². The van der Waals surface area contributed by atoms with E-state index in [0.717, 1.165) is 4.57 Å². The molecular formula is C10H9F3N4O. The highest BCUT2D eigenvalue weighted by Crippen LogP contribution is 2.19. The topological polar surface area (TPSA) is 62.7 Å². The van der Waals surface area contributed by atoms with Crippen LogP contribution < -0.4 is 5.32 Å². The van der Waals surface area contributed by atoms with Gasteiger partial charge in [-0.3, -0.25) is 10.1 Å². The average molecular weight is 258 g/mol. The standard InChI is InChI=1S/C10H9F3N4O/c11-10(12,13)6-17-5-1-2-7(17)8(18)16-9-14-3-4-15-9/h1-5H,6H2,(H2,14,15,16,18). The molecule has 5 nitrogen and oxygen atoms in total. The van der Waals surface area contributed by atoms with E-state index in [2.05, 4.69) is 15.3 Å². The van der Waals surface area contributed by atoms with Crippen molar-refractivity contribution < 1.29 is 18.0 Å². The first kappa shape index (κ1) is 12.2. The summed E-state index contributed by atoms with van der Waals surface area (Å²) in [6.07, 6.45) is -0.266. The van der Waals surface area contributed by atoms with Crippen LogP contribution >= 0.6 is 0 Å². The lowest BCUT2D eigenvalue weighted by atomic mass is 10.4. The van der Waals surface area contributed by atoms with E-state index in [0.29, 0.717) is 0 Å². The molecule has 0 radical (unpaired) electrons. The van der Waals surface area contributed by atoms with E-state index in [4.69, 9.17) is 0 Å². The van der Waals surface area contributed by atoms with Crippen LogP contribution in [0.15, 0.2) is 30.7 Å². The quantitative estimate of drug-likeness (QED) is 0.884. The third-order valence-corrected chi connectivity index (χ3v) is 2.14. The first-order valence-corrected chi connectivity index (χ1v) is 4.98. The third-order valence-electron chi connectivity index (χ3n) is 2.14. The van der Waals surface area contributed by atoms with Crippen LogP contribution in [0.4, 0.5) is 19.1 Å². The van der Waals surface area contributed by atoms with Gasteiger partial charge in [0.25, 0.3) is 5.91 Å². The molecule has 0 saturated carbocycles. The molecule has 0 atom stereocenters. The smallest absolute Gasteiger partial charge is 0.334 e. The number of carbonyl (C=O) groups excluding carboxylic acids is 1. The van der Waals surface area contributed by atoms with Crippen molar-refractivity contribution in [2.24, 2.45) is 0 Å². The minimum absolute atomic E-state index is 0.0799. The molecule has 8 heteroatoms. The van der Waals surface area contributed by atoms with E-state index in [1.165, 1.54) is 30.7 Å². The Kier molecular flexibility index (Phi) is 3.09. The highest BCUT2D eigenvalue weighted by molar-refractivity contribution is 6.02. The van der Waals surface area contributed by atoms with E-state index in [9.17, 15) is 18.0 Å². The first-order chi connectivity index (χ1) is 8.46. The van der Waals surface area contributed by atoms with Gasteiger partial charge in [-0.2, -0.15) is 13.2 Å². The normalized spacial score (nSPS) is 11.5. The molecule has 18 heavy (non-hydrogen) atoms. The van der Waals surface area contributed by atoms with Crippen molar-refractivity contribution in [1.82, 2.24) is 14.5 Å². The summed E-state index contributed by atoms with van der Waals surface area (Å²) >= 11 is 0. The lowest BCUT2D eigenvalue weighted by Crippen LogP contribution is -2.23. The number of carbonyl (C=O) groups is 1. The minimum atomic E-state index is -4.38. The zero-order chi connectivity index (χ0) is 13.2. The van der Waals surface area contributed by atoms with Crippen molar-refractivity contribution in [3.63, 3.8) is 0 Å². The lowest BCUT2D eigenvalue weighted by Gasteiger charge is -2.11. The Labute approximate surface area is 99.6 Å². The summed E-state index contributed by atoms with van der Waals surface area (Å²) in [6, 6.07) is 2.69. The molecule has 96 valence electrons. The fourth-order valence-electron chi connectivity index (χ4n) is 1.46. The monoisotopic (exact) mass is 258 g/mol. The van der Waals surface area contributed by atoms with Crippen LogP contribution in [0.3, 0.4) is 0 Å². The lowest BCUT2D eigenvalue weighted by molar-refractivity contribution is -0.140. The Morgan fingerprint density at radius 3 is 2.89 bits per heavy atom. The number of aromatic nitrogens is 3. The van der Waals surface area contributed by atoms with Gasteiger partial charge < -0.3 is 9.55 Å². The number of H-pyrrole nitrogens is 1. The van der Waals surface area contributed by atoms with Crippen molar-refractivity contribution in [1.29, 1.82) is 0 Å². The molecule has 2 rings (SSSR count). The number of hydrogen-bond acceptors (Lipinski definition) is 2. The van der Waals surface area contributed by atoms with E-state index in [-0.39, 0.29) is 11.6 Å². The number of amides is 1. The van der Waals surface area contributed by atoms with E-state index >= 15 is 0 Å². The molecule has 2 N–H and O–H groups in total. The van der Waals surface area contributed by atoms with Gasteiger partial charge in [-0.25, -0.2) is 4.98 Å². The maximum Gasteiger partial charge on any atom is 0.406 e. The molecule has 0 bridgehead atoms. The van der Waals surface area contributed by atoms with Crippen molar-refractivity contribution in [3.8, 4) is 0 Å². The highest BCUT2D eigenvalue weighted by atomic mass is 19.4. The van der Waals surface area contributed by atoms with E-state index in [1.54, 1.807) is 0 Å². The summed E-state index contributed by atoms with van der Waals surface area (Å²) in [5, 5.41) is 2.36. The van der Waals surface area contributed by atoms with Crippen LogP contribution in [0.2, 0.25) is 0 Å². The fourth-order valence-corrected chi connectivity index (χ4v) is 1.46. The van der Waals surface area contributed by atoms with Crippen molar-refractivity contribution in [3.05, 3.63) is 36.4 Å². The largest absolute Gasteiger partial charge is 0.406 e. The van der Waals surface area contributed by atoms with Gasteiger partial charge in [-0.15, -0.1) is 0 Å². The third kappa shape index (κ3) is 2.90. The van der Waals surface area contributed by atoms with Gasteiger partial charge in [0.05, 0.1) is 0 Å². The second-order valence-electron chi connectivity index (χ2n) is 3.53. The van der Waals surface area contributed by atoms with Crippen LogP contribution in [0.1, 0.15) is 10.5 Å². The SMILES string of the molecule is O=C(Nc1ncc[nH]1)c1cccn1CC(F)(F)F. The molecule has 0 spiro atoms. The number of nitrogens with zero attached hydrogens (tertiary/aromatic N) is 2. The Hall–Kier alpha value is -2.25. The summed E-state index contributed by atoms with van der Waals surface area (Å²) < 4.78 is 37.6. The van der Waals surface area contributed by atoms with Gasteiger partial charge in [0.2, 0.25) is 5.95 Å². The van der Waals surface area contributed by atoms with Crippen LogP contribution in [-0.4, -0.2) is 26.6 Å². The van der Waals surface area contributed by atoms with Crippen LogP contribution in [0.5, 0.6) is 0 Å². The van der Waals surface area contributed by atoms with Crippen LogP contribution in [0, 0.1) is 0 Å².